The van der Waals surface area contributed by atoms with Crippen molar-refractivity contribution in [2.24, 2.45) is 5.73 Å². The van der Waals surface area contributed by atoms with E-state index in [1.807, 2.05) is 0 Å². The Balaban J connectivity index is 2.68. The lowest BCUT2D eigenvalue weighted by molar-refractivity contribution is -0.422. The summed E-state index contributed by atoms with van der Waals surface area (Å²) in [6.07, 6.45) is 0. The van der Waals surface area contributed by atoms with Gasteiger partial charge in [0, 0.05) is 0 Å². The number of nitrogens with one attached hydrogen (secondary N) is 1. The lowest BCUT2D eigenvalue weighted by Gasteiger charge is -2.06. The number of ether oxygens (including phenoxy) is 1. The van der Waals surface area contributed by atoms with Crippen molar-refractivity contribution in [3.05, 3.63) is 29.6 Å². The van der Waals surface area contributed by atoms with Crippen molar-refractivity contribution in [1.29, 1.82) is 0 Å². The summed E-state index contributed by atoms with van der Waals surface area (Å²) in [4.78, 5) is 2.76. The average molecular weight is 197 g/mol. The molecule has 1 aromatic rings. The minimum absolute atomic E-state index is 0.264. The second-order valence-electron chi connectivity index (χ2n) is 2.97. The van der Waals surface area contributed by atoms with Crippen LogP contribution in [-0.2, 0) is 0 Å². The summed E-state index contributed by atoms with van der Waals surface area (Å²) in [5.74, 6) is 0.916. The van der Waals surface area contributed by atoms with Crippen molar-refractivity contribution in [2.45, 2.75) is 6.92 Å². The predicted molar refractivity (Wildman–Crippen MR) is 52.7 cm³/mol. The molecule has 0 aliphatic carbocycles. The third-order valence-electron chi connectivity index (χ3n) is 1.84. The number of amidine groups is 1. The Morgan fingerprint density at radius 3 is 2.86 bits per heavy atom. The fraction of sp³-hybridized carbons (Fsp3) is 0.300. The number of nitrogens with two attached hydrogens (primary N) is 1. The molecule has 4 heteroatoms. The molecule has 0 amide bonds. The molecule has 0 aromatic heterocycles. The molecule has 1 rings (SSSR count). The van der Waals surface area contributed by atoms with Crippen LogP contribution in [0.4, 0.5) is 4.39 Å². The molecule has 14 heavy (non-hydrogen) atoms. The van der Waals surface area contributed by atoms with Gasteiger partial charge in [0.25, 0.3) is 5.84 Å². The van der Waals surface area contributed by atoms with Crippen molar-refractivity contribution in [2.75, 3.05) is 13.7 Å². The van der Waals surface area contributed by atoms with Crippen molar-refractivity contribution in [3.63, 3.8) is 0 Å². The van der Waals surface area contributed by atoms with Gasteiger partial charge in [0.15, 0.2) is 6.61 Å². The SMILES string of the molecule is C[NH+]=C(N)COc1ccc(F)cc1C. The van der Waals surface area contributed by atoms with E-state index in [1.165, 1.54) is 12.1 Å². The molecule has 0 unspecified atom stereocenters. The molecule has 0 radical (unpaired) electrons. The highest BCUT2D eigenvalue weighted by atomic mass is 19.1. The minimum Gasteiger partial charge on any atom is -0.481 e. The third-order valence-corrected chi connectivity index (χ3v) is 1.84. The molecule has 3 N–H and O–H groups in total. The Kier molecular flexibility index (Phi) is 3.45. The normalized spacial score (nSPS) is 11.5. The molecule has 0 aliphatic rings. The lowest BCUT2D eigenvalue weighted by Crippen LogP contribution is -2.72. The number of benzene rings is 1. The monoisotopic (exact) mass is 197 g/mol. The second-order valence-corrected chi connectivity index (χ2v) is 2.97. The van der Waals surface area contributed by atoms with Crippen LogP contribution in [0.3, 0.4) is 0 Å². The van der Waals surface area contributed by atoms with Gasteiger partial charge < -0.3 is 4.74 Å². The molecule has 76 valence electrons. The molecular formula is C10H14FN2O+. The molecule has 0 saturated heterocycles. The number of hydrogen-bond donors (Lipinski definition) is 2. The number of hydrogen-bond acceptors (Lipinski definition) is 1. The fourth-order valence-electron chi connectivity index (χ4n) is 1.00. The first-order chi connectivity index (χ1) is 6.63. The maximum absolute atomic E-state index is 12.7. The van der Waals surface area contributed by atoms with Crippen LogP contribution in [0.1, 0.15) is 5.56 Å². The Labute approximate surface area is 82.4 Å². The third kappa shape index (κ3) is 2.73. The van der Waals surface area contributed by atoms with Crippen LogP contribution in [-0.4, -0.2) is 19.5 Å². The van der Waals surface area contributed by atoms with E-state index in [-0.39, 0.29) is 12.4 Å². The maximum atomic E-state index is 12.7. The smallest absolute Gasteiger partial charge is 0.278 e. The molecule has 3 nitrogen and oxygen atoms in total. The summed E-state index contributed by atoms with van der Waals surface area (Å²) in [5.41, 5.74) is 6.27. The number of aryl methyl sites for hydroxylation is 1. The first kappa shape index (κ1) is 10.5. The molecule has 0 aliphatic heterocycles. The highest BCUT2D eigenvalue weighted by Crippen LogP contribution is 2.17. The lowest BCUT2D eigenvalue weighted by atomic mass is 10.2. The summed E-state index contributed by atoms with van der Waals surface area (Å²) < 4.78 is 18.1. The Bertz CT molecular complexity index is 350. The van der Waals surface area contributed by atoms with Gasteiger partial charge >= 0.3 is 0 Å². The molecule has 0 bridgehead atoms. The topological polar surface area (TPSA) is 49.2 Å². The summed E-state index contributed by atoms with van der Waals surface area (Å²) >= 11 is 0. The van der Waals surface area contributed by atoms with E-state index >= 15 is 0 Å². The zero-order valence-corrected chi connectivity index (χ0v) is 8.30. The van der Waals surface area contributed by atoms with Gasteiger partial charge in [0.05, 0.1) is 7.05 Å². The first-order valence-electron chi connectivity index (χ1n) is 4.31. The molecule has 1 aromatic carbocycles. The molecule has 0 heterocycles. The van der Waals surface area contributed by atoms with Crippen LogP contribution in [0.25, 0.3) is 0 Å². The van der Waals surface area contributed by atoms with E-state index in [4.69, 9.17) is 10.5 Å². The van der Waals surface area contributed by atoms with Gasteiger partial charge in [-0.1, -0.05) is 0 Å². The van der Waals surface area contributed by atoms with Crippen LogP contribution < -0.4 is 15.5 Å². The van der Waals surface area contributed by atoms with Gasteiger partial charge in [0.2, 0.25) is 0 Å². The van der Waals surface area contributed by atoms with Crippen LogP contribution in [0.2, 0.25) is 0 Å². The van der Waals surface area contributed by atoms with Gasteiger partial charge in [-0.25, -0.2) is 4.39 Å². The summed E-state index contributed by atoms with van der Waals surface area (Å²) in [6.45, 7) is 2.07. The average Bonchev–Trinajstić information content (AvgIpc) is 2.16. The maximum Gasteiger partial charge on any atom is 0.278 e. The van der Waals surface area contributed by atoms with Crippen molar-refractivity contribution >= 4 is 5.84 Å². The van der Waals surface area contributed by atoms with Gasteiger partial charge in [-0.2, -0.15) is 0 Å². The van der Waals surface area contributed by atoms with E-state index in [0.29, 0.717) is 11.6 Å². The van der Waals surface area contributed by atoms with Gasteiger partial charge in [-0.3, -0.25) is 10.7 Å². The summed E-state index contributed by atoms with van der Waals surface area (Å²) in [6, 6.07) is 4.37. The van der Waals surface area contributed by atoms with E-state index in [1.54, 1.807) is 20.0 Å². The predicted octanol–water partition coefficient (Wildman–Crippen LogP) is -0.419. The Morgan fingerprint density at radius 2 is 2.29 bits per heavy atom. The van der Waals surface area contributed by atoms with E-state index in [2.05, 4.69) is 4.99 Å². The van der Waals surface area contributed by atoms with Crippen LogP contribution in [0, 0.1) is 12.7 Å². The second kappa shape index (κ2) is 4.60. The molecule has 0 atom stereocenters. The Hall–Kier alpha value is -1.58. The van der Waals surface area contributed by atoms with Crippen molar-refractivity contribution in [1.82, 2.24) is 0 Å². The van der Waals surface area contributed by atoms with Crippen molar-refractivity contribution < 1.29 is 14.1 Å². The quantitative estimate of drug-likeness (QED) is 0.511. The van der Waals surface area contributed by atoms with Crippen LogP contribution in [0.15, 0.2) is 18.2 Å². The number of rotatable bonds is 3. The van der Waals surface area contributed by atoms with E-state index in [9.17, 15) is 4.39 Å². The van der Waals surface area contributed by atoms with Gasteiger partial charge in [-0.15, -0.1) is 0 Å². The Morgan fingerprint density at radius 1 is 1.57 bits per heavy atom. The van der Waals surface area contributed by atoms with Gasteiger partial charge in [0.1, 0.15) is 11.6 Å². The number of halogens is 1. The highest BCUT2D eigenvalue weighted by Gasteiger charge is 2.03. The fourth-order valence-corrected chi connectivity index (χ4v) is 1.00. The van der Waals surface area contributed by atoms with Crippen LogP contribution >= 0.6 is 0 Å². The highest BCUT2D eigenvalue weighted by molar-refractivity contribution is 5.75. The van der Waals surface area contributed by atoms with E-state index in [0.717, 1.165) is 5.56 Å². The molecular weight excluding hydrogens is 183 g/mol. The minimum atomic E-state index is -0.264. The van der Waals surface area contributed by atoms with Crippen molar-refractivity contribution in [3.8, 4) is 5.75 Å². The summed E-state index contributed by atoms with van der Waals surface area (Å²) in [5, 5.41) is 0. The standard InChI is InChI=1S/C10H13FN2O/c1-7-5-8(11)3-4-9(7)14-6-10(12)13-2/h3-5H,6H2,1-2H3,(H2,12,13)/p+1. The summed E-state index contributed by atoms with van der Waals surface area (Å²) in [7, 11) is 1.72. The first-order valence-corrected chi connectivity index (χ1v) is 4.31. The van der Waals surface area contributed by atoms with E-state index < -0.39 is 0 Å². The molecule has 0 spiro atoms. The zero-order valence-electron chi connectivity index (χ0n) is 8.30. The molecule has 0 fully saturated rings. The largest absolute Gasteiger partial charge is 0.481 e. The van der Waals surface area contributed by atoms with Crippen LogP contribution in [0.5, 0.6) is 5.75 Å². The van der Waals surface area contributed by atoms with Gasteiger partial charge in [-0.05, 0) is 30.7 Å². The zero-order chi connectivity index (χ0) is 10.6. The molecule has 0 saturated carbocycles.